The molecule has 0 fully saturated rings. The lowest BCUT2D eigenvalue weighted by Gasteiger charge is -2.14. The van der Waals surface area contributed by atoms with Crippen LogP contribution in [0, 0.1) is 0 Å². The third-order valence-corrected chi connectivity index (χ3v) is 2.24. The van der Waals surface area contributed by atoms with E-state index < -0.39 is 12.1 Å². The maximum atomic E-state index is 12.6. The van der Waals surface area contributed by atoms with E-state index in [0.29, 0.717) is 5.02 Å². The number of carbonyl (C=O) groups is 1. The summed E-state index contributed by atoms with van der Waals surface area (Å²) in [5.41, 5.74) is 0. The summed E-state index contributed by atoms with van der Waals surface area (Å²) in [5.74, 6) is -2.66. The van der Waals surface area contributed by atoms with Gasteiger partial charge in [0.2, 0.25) is 0 Å². The van der Waals surface area contributed by atoms with Crippen molar-refractivity contribution < 1.29 is 23.4 Å². The molecular formula is C8H4BrClF2O3. The van der Waals surface area contributed by atoms with Crippen LogP contribution in [-0.4, -0.2) is 17.2 Å². The van der Waals surface area contributed by atoms with Crippen molar-refractivity contribution >= 4 is 33.5 Å². The molecule has 0 aliphatic carbocycles. The molecule has 15 heavy (non-hydrogen) atoms. The fourth-order valence-corrected chi connectivity index (χ4v) is 1.50. The Morgan fingerprint density at radius 2 is 2.13 bits per heavy atom. The van der Waals surface area contributed by atoms with Gasteiger partial charge in [-0.15, -0.1) is 0 Å². The molecule has 1 aromatic carbocycles. The summed E-state index contributed by atoms with van der Waals surface area (Å²) in [7, 11) is 0. The lowest BCUT2D eigenvalue weighted by Crippen LogP contribution is -2.34. The summed E-state index contributed by atoms with van der Waals surface area (Å²) >= 11 is 8.47. The Labute approximate surface area is 96.7 Å². The molecule has 3 nitrogen and oxygen atoms in total. The fourth-order valence-electron chi connectivity index (χ4n) is 0.740. The van der Waals surface area contributed by atoms with E-state index in [-0.39, 0.29) is 10.2 Å². The monoisotopic (exact) mass is 300 g/mol. The van der Waals surface area contributed by atoms with E-state index >= 15 is 0 Å². The summed E-state index contributed by atoms with van der Waals surface area (Å²) in [6, 6.07) is 3.76. The Morgan fingerprint density at radius 3 is 2.60 bits per heavy atom. The van der Waals surface area contributed by atoms with Crippen LogP contribution in [-0.2, 0) is 4.79 Å². The van der Waals surface area contributed by atoms with Crippen LogP contribution in [0.3, 0.4) is 0 Å². The van der Waals surface area contributed by atoms with E-state index in [1.54, 1.807) is 0 Å². The number of aliphatic carboxylic acids is 1. The van der Waals surface area contributed by atoms with E-state index in [0.717, 1.165) is 6.07 Å². The zero-order valence-corrected chi connectivity index (χ0v) is 9.35. The van der Waals surface area contributed by atoms with Crippen LogP contribution < -0.4 is 4.74 Å². The van der Waals surface area contributed by atoms with Crippen molar-refractivity contribution in [3.05, 3.63) is 27.7 Å². The summed E-state index contributed by atoms with van der Waals surface area (Å²) in [5, 5.41) is 8.44. The van der Waals surface area contributed by atoms with Crippen LogP contribution >= 0.6 is 27.5 Å². The smallest absolute Gasteiger partial charge is 0.474 e. The van der Waals surface area contributed by atoms with Crippen molar-refractivity contribution in [2.45, 2.75) is 6.11 Å². The number of benzene rings is 1. The van der Waals surface area contributed by atoms with Gasteiger partial charge in [0.05, 0.1) is 4.47 Å². The topological polar surface area (TPSA) is 46.5 Å². The molecule has 0 radical (unpaired) electrons. The molecule has 1 N–H and O–H groups in total. The van der Waals surface area contributed by atoms with Crippen LogP contribution in [0.1, 0.15) is 0 Å². The zero-order chi connectivity index (χ0) is 11.6. The van der Waals surface area contributed by atoms with Crippen LogP contribution in [0.25, 0.3) is 0 Å². The van der Waals surface area contributed by atoms with Crippen LogP contribution in [0.15, 0.2) is 22.7 Å². The molecule has 1 rings (SSSR count). The number of rotatable bonds is 3. The van der Waals surface area contributed by atoms with Gasteiger partial charge in [0.1, 0.15) is 5.75 Å². The lowest BCUT2D eigenvalue weighted by molar-refractivity contribution is -0.211. The van der Waals surface area contributed by atoms with Gasteiger partial charge >= 0.3 is 12.1 Å². The fraction of sp³-hybridized carbons (Fsp3) is 0.125. The van der Waals surface area contributed by atoms with Crippen LogP contribution in [0.2, 0.25) is 5.02 Å². The molecule has 0 saturated carbocycles. The first-order valence-corrected chi connectivity index (χ1v) is 4.75. The molecule has 0 bridgehead atoms. The van der Waals surface area contributed by atoms with E-state index in [1.165, 1.54) is 12.1 Å². The molecule has 0 unspecified atom stereocenters. The van der Waals surface area contributed by atoms with Crippen molar-refractivity contribution in [3.63, 3.8) is 0 Å². The molecule has 0 aromatic heterocycles. The molecule has 0 atom stereocenters. The van der Waals surface area contributed by atoms with E-state index in [2.05, 4.69) is 20.7 Å². The lowest BCUT2D eigenvalue weighted by atomic mass is 10.3. The molecule has 0 heterocycles. The van der Waals surface area contributed by atoms with Gasteiger partial charge in [-0.1, -0.05) is 11.6 Å². The minimum atomic E-state index is -4.27. The first kappa shape index (κ1) is 12.2. The second kappa shape index (κ2) is 4.32. The van der Waals surface area contributed by atoms with Gasteiger partial charge in [0.15, 0.2) is 0 Å². The van der Waals surface area contributed by atoms with Crippen molar-refractivity contribution in [2.24, 2.45) is 0 Å². The highest BCUT2D eigenvalue weighted by Gasteiger charge is 2.42. The first-order chi connectivity index (χ1) is 6.83. The summed E-state index contributed by atoms with van der Waals surface area (Å²) < 4.78 is 29.4. The number of hydrogen-bond donors (Lipinski definition) is 1. The van der Waals surface area contributed by atoms with Crippen LogP contribution in [0.5, 0.6) is 5.75 Å². The molecular weight excluding hydrogens is 297 g/mol. The Hall–Kier alpha value is -0.880. The van der Waals surface area contributed by atoms with Crippen molar-refractivity contribution in [3.8, 4) is 5.75 Å². The molecule has 0 saturated heterocycles. The van der Waals surface area contributed by atoms with Gasteiger partial charge in [-0.3, -0.25) is 0 Å². The predicted octanol–water partition coefficient (Wildman–Crippen LogP) is 3.16. The summed E-state index contributed by atoms with van der Waals surface area (Å²) in [6.45, 7) is 0. The second-order valence-corrected chi connectivity index (χ2v) is 3.79. The second-order valence-electron chi connectivity index (χ2n) is 2.50. The third-order valence-electron chi connectivity index (χ3n) is 1.38. The number of hydrogen-bond acceptors (Lipinski definition) is 2. The Bertz CT molecular complexity index is 397. The molecule has 0 spiro atoms. The predicted molar refractivity (Wildman–Crippen MR) is 52.4 cm³/mol. The molecule has 0 aliphatic rings. The Balaban J connectivity index is 2.95. The number of alkyl halides is 2. The maximum Gasteiger partial charge on any atom is 0.501 e. The number of carboxylic acid groups (broad SMARTS) is 1. The van der Waals surface area contributed by atoms with Crippen LogP contribution in [0.4, 0.5) is 8.78 Å². The minimum Gasteiger partial charge on any atom is -0.474 e. The van der Waals surface area contributed by atoms with E-state index in [4.69, 9.17) is 16.7 Å². The highest BCUT2D eigenvalue weighted by molar-refractivity contribution is 9.10. The van der Waals surface area contributed by atoms with Gasteiger partial charge in [-0.25, -0.2) is 4.79 Å². The van der Waals surface area contributed by atoms with Gasteiger partial charge in [0.25, 0.3) is 0 Å². The van der Waals surface area contributed by atoms with E-state index in [1.807, 2.05) is 0 Å². The average molecular weight is 301 g/mol. The average Bonchev–Trinajstić information content (AvgIpc) is 2.09. The normalized spacial score (nSPS) is 11.2. The van der Waals surface area contributed by atoms with Gasteiger partial charge < -0.3 is 9.84 Å². The molecule has 82 valence electrons. The maximum absolute atomic E-state index is 12.6. The number of ether oxygens (including phenoxy) is 1. The molecule has 7 heteroatoms. The molecule has 0 aliphatic heterocycles. The Kier molecular flexibility index (Phi) is 3.51. The minimum absolute atomic E-state index is 0.149. The first-order valence-electron chi connectivity index (χ1n) is 3.58. The Morgan fingerprint density at radius 1 is 1.53 bits per heavy atom. The standard InChI is InChI=1S/C8H4BrClF2O3/c9-5-3-4(10)1-2-6(5)15-8(11,12)7(13)14/h1-3H,(H,13,14). The summed E-state index contributed by atoms with van der Waals surface area (Å²) in [4.78, 5) is 10.1. The van der Waals surface area contributed by atoms with Gasteiger partial charge in [-0.05, 0) is 34.1 Å². The number of halogens is 4. The zero-order valence-electron chi connectivity index (χ0n) is 7.01. The highest BCUT2D eigenvalue weighted by Crippen LogP contribution is 2.31. The van der Waals surface area contributed by atoms with Crippen molar-refractivity contribution in [1.82, 2.24) is 0 Å². The third kappa shape index (κ3) is 3.04. The quantitative estimate of drug-likeness (QED) is 0.933. The van der Waals surface area contributed by atoms with Crippen molar-refractivity contribution in [2.75, 3.05) is 0 Å². The van der Waals surface area contributed by atoms with E-state index in [9.17, 15) is 13.6 Å². The highest BCUT2D eigenvalue weighted by atomic mass is 79.9. The molecule has 0 amide bonds. The van der Waals surface area contributed by atoms with Crippen molar-refractivity contribution in [1.29, 1.82) is 0 Å². The summed E-state index contributed by atoms with van der Waals surface area (Å²) in [6.07, 6.45) is -4.27. The number of carboxylic acids is 1. The largest absolute Gasteiger partial charge is 0.501 e. The van der Waals surface area contributed by atoms with Gasteiger partial charge in [0, 0.05) is 5.02 Å². The molecule has 1 aromatic rings. The van der Waals surface area contributed by atoms with Gasteiger partial charge in [-0.2, -0.15) is 8.78 Å². The SMILES string of the molecule is O=C(O)C(F)(F)Oc1ccc(Cl)cc1Br.